The van der Waals surface area contributed by atoms with Gasteiger partial charge >= 0.3 is 11.9 Å². The number of carboxylic acids is 2. The maximum Gasteiger partial charge on any atom is 0.414 e. The zero-order valence-corrected chi connectivity index (χ0v) is 8.59. The second kappa shape index (κ2) is 4.76. The minimum absolute atomic E-state index is 0.0429. The van der Waals surface area contributed by atoms with E-state index in [9.17, 15) is 0 Å². The van der Waals surface area contributed by atoms with Crippen molar-refractivity contribution in [3.8, 4) is 0 Å². The fourth-order valence-electron chi connectivity index (χ4n) is 1.19. The normalized spacial score (nSPS) is 15.6. The Morgan fingerprint density at radius 3 is 1.81 bits per heavy atom. The minimum atomic E-state index is -1.82. The molecule has 0 spiro atoms. The first-order chi connectivity index (χ1) is 7.46. The Kier molecular flexibility index (Phi) is 3.63. The predicted octanol–water partition coefficient (Wildman–Crippen LogP) is 0.790. The van der Waals surface area contributed by atoms with Gasteiger partial charge in [-0.3, -0.25) is 0 Å². The number of hydrogen-bond donors (Lipinski definition) is 3. The monoisotopic (exact) mass is 223 g/mol. The van der Waals surface area contributed by atoms with E-state index in [1.807, 2.05) is 18.2 Å². The Hall–Kier alpha value is -1.88. The quantitative estimate of drug-likeness (QED) is 0.611. The molecule has 1 aliphatic rings. The van der Waals surface area contributed by atoms with Crippen molar-refractivity contribution in [2.45, 2.75) is 18.4 Å². The van der Waals surface area contributed by atoms with E-state index in [1.165, 1.54) is 5.56 Å². The summed E-state index contributed by atoms with van der Waals surface area (Å²) in [5.41, 5.74) is 7.30. The highest BCUT2D eigenvalue weighted by atomic mass is 16.4. The van der Waals surface area contributed by atoms with E-state index in [0.29, 0.717) is 0 Å². The molecule has 1 aromatic carbocycles. The number of nitrogens with two attached hydrogens (primary N) is 1. The second-order valence-corrected chi connectivity index (χ2v) is 3.63. The van der Waals surface area contributed by atoms with Gasteiger partial charge in [0.05, 0.1) is 0 Å². The third-order valence-corrected chi connectivity index (χ3v) is 2.32. The third-order valence-electron chi connectivity index (χ3n) is 2.32. The fraction of sp³-hybridized carbons (Fsp3) is 0.273. The molecule has 0 saturated heterocycles. The van der Waals surface area contributed by atoms with E-state index in [2.05, 4.69) is 12.1 Å². The summed E-state index contributed by atoms with van der Waals surface area (Å²) in [4.78, 5) is 18.2. The first-order valence-electron chi connectivity index (χ1n) is 4.76. The first kappa shape index (κ1) is 12.2. The van der Waals surface area contributed by atoms with Gasteiger partial charge in [0.25, 0.3) is 0 Å². The number of carbonyl (C=O) groups is 2. The van der Waals surface area contributed by atoms with E-state index in [4.69, 9.17) is 25.5 Å². The molecule has 86 valence electrons. The third kappa shape index (κ3) is 3.36. The lowest BCUT2D eigenvalue weighted by molar-refractivity contribution is -0.159. The van der Waals surface area contributed by atoms with Gasteiger partial charge in [0, 0.05) is 5.54 Å². The molecule has 0 bridgehead atoms. The number of rotatable bonds is 1. The Morgan fingerprint density at radius 2 is 1.50 bits per heavy atom. The number of benzene rings is 1. The highest BCUT2D eigenvalue weighted by molar-refractivity contribution is 6.27. The van der Waals surface area contributed by atoms with Crippen molar-refractivity contribution in [1.29, 1.82) is 0 Å². The topological polar surface area (TPSA) is 101 Å². The number of carboxylic acid groups (broad SMARTS) is 2. The summed E-state index contributed by atoms with van der Waals surface area (Å²) >= 11 is 0. The van der Waals surface area contributed by atoms with Crippen LogP contribution < -0.4 is 5.73 Å². The van der Waals surface area contributed by atoms with Crippen molar-refractivity contribution in [2.75, 3.05) is 0 Å². The van der Waals surface area contributed by atoms with Crippen molar-refractivity contribution in [2.24, 2.45) is 5.73 Å². The second-order valence-electron chi connectivity index (χ2n) is 3.63. The van der Waals surface area contributed by atoms with Crippen LogP contribution in [0, 0.1) is 0 Å². The number of hydrogen-bond acceptors (Lipinski definition) is 3. The van der Waals surface area contributed by atoms with Crippen LogP contribution in [-0.2, 0) is 15.1 Å². The summed E-state index contributed by atoms with van der Waals surface area (Å²) in [5, 5.41) is 14.8. The molecule has 0 atom stereocenters. The molecule has 5 nitrogen and oxygen atoms in total. The summed E-state index contributed by atoms with van der Waals surface area (Å²) < 4.78 is 0. The molecule has 0 amide bonds. The van der Waals surface area contributed by atoms with Crippen LogP contribution in [0.3, 0.4) is 0 Å². The van der Waals surface area contributed by atoms with Crippen LogP contribution >= 0.6 is 0 Å². The Balaban J connectivity index is 0.000000187. The SMILES string of the molecule is NC1(c2ccccc2)CC1.O=C(O)C(=O)O. The molecule has 1 fully saturated rings. The summed E-state index contributed by atoms with van der Waals surface area (Å²) in [6, 6.07) is 10.3. The van der Waals surface area contributed by atoms with Crippen LogP contribution in [0.5, 0.6) is 0 Å². The molecule has 0 aromatic heterocycles. The average molecular weight is 223 g/mol. The van der Waals surface area contributed by atoms with Crippen LogP contribution in [0.2, 0.25) is 0 Å². The largest absolute Gasteiger partial charge is 0.473 e. The lowest BCUT2D eigenvalue weighted by Crippen LogP contribution is -2.18. The molecule has 0 aliphatic heterocycles. The molecule has 16 heavy (non-hydrogen) atoms. The minimum Gasteiger partial charge on any atom is -0.473 e. The van der Waals surface area contributed by atoms with E-state index in [0.717, 1.165) is 12.8 Å². The lowest BCUT2D eigenvalue weighted by Gasteiger charge is -2.06. The Bertz CT molecular complexity index is 372. The molecule has 1 aliphatic carbocycles. The zero-order valence-electron chi connectivity index (χ0n) is 8.59. The van der Waals surface area contributed by atoms with E-state index in [1.54, 1.807) is 0 Å². The van der Waals surface area contributed by atoms with Crippen LogP contribution in [0.25, 0.3) is 0 Å². The van der Waals surface area contributed by atoms with Crippen molar-refractivity contribution in [1.82, 2.24) is 0 Å². The van der Waals surface area contributed by atoms with Crippen molar-refractivity contribution >= 4 is 11.9 Å². The smallest absolute Gasteiger partial charge is 0.414 e. The van der Waals surface area contributed by atoms with Crippen LogP contribution in [-0.4, -0.2) is 22.2 Å². The molecular formula is C11H13NO4. The molecule has 2 rings (SSSR count). The molecular weight excluding hydrogens is 210 g/mol. The van der Waals surface area contributed by atoms with Gasteiger partial charge in [0.15, 0.2) is 0 Å². The summed E-state index contributed by atoms with van der Waals surface area (Å²) in [6.07, 6.45) is 2.30. The van der Waals surface area contributed by atoms with Crippen molar-refractivity contribution in [3.05, 3.63) is 35.9 Å². The maximum absolute atomic E-state index is 9.10. The van der Waals surface area contributed by atoms with Crippen LogP contribution in [0.15, 0.2) is 30.3 Å². The van der Waals surface area contributed by atoms with Gasteiger partial charge in [-0.15, -0.1) is 0 Å². The van der Waals surface area contributed by atoms with E-state index >= 15 is 0 Å². The van der Waals surface area contributed by atoms with Gasteiger partial charge in [-0.2, -0.15) is 0 Å². The molecule has 1 saturated carbocycles. The predicted molar refractivity (Wildman–Crippen MR) is 56.8 cm³/mol. The van der Waals surface area contributed by atoms with Gasteiger partial charge in [-0.25, -0.2) is 9.59 Å². The van der Waals surface area contributed by atoms with Crippen molar-refractivity contribution in [3.63, 3.8) is 0 Å². The van der Waals surface area contributed by atoms with Gasteiger partial charge < -0.3 is 15.9 Å². The molecule has 5 heteroatoms. The van der Waals surface area contributed by atoms with Crippen LogP contribution in [0.1, 0.15) is 18.4 Å². The lowest BCUT2D eigenvalue weighted by atomic mass is 10.1. The van der Waals surface area contributed by atoms with Gasteiger partial charge in [0.2, 0.25) is 0 Å². The maximum atomic E-state index is 9.10. The standard InChI is InChI=1S/C9H11N.C2H2O4/c10-9(6-7-9)8-4-2-1-3-5-8;3-1(4)2(5)6/h1-5H,6-7,10H2;(H,3,4)(H,5,6). The highest BCUT2D eigenvalue weighted by Crippen LogP contribution is 2.42. The fourth-order valence-corrected chi connectivity index (χ4v) is 1.19. The zero-order chi connectivity index (χ0) is 12.2. The van der Waals surface area contributed by atoms with Crippen molar-refractivity contribution < 1.29 is 19.8 Å². The molecule has 1 aromatic rings. The summed E-state index contributed by atoms with van der Waals surface area (Å²) in [6.45, 7) is 0. The highest BCUT2D eigenvalue weighted by Gasteiger charge is 2.39. The van der Waals surface area contributed by atoms with E-state index in [-0.39, 0.29) is 5.54 Å². The Labute approximate surface area is 92.5 Å². The molecule has 4 N–H and O–H groups in total. The number of aliphatic carboxylic acids is 2. The summed E-state index contributed by atoms with van der Waals surface area (Å²) in [5.74, 6) is -3.65. The van der Waals surface area contributed by atoms with Crippen LogP contribution in [0.4, 0.5) is 0 Å². The first-order valence-corrected chi connectivity index (χ1v) is 4.76. The Morgan fingerprint density at radius 1 is 1.06 bits per heavy atom. The van der Waals surface area contributed by atoms with Gasteiger partial charge in [0.1, 0.15) is 0 Å². The van der Waals surface area contributed by atoms with Gasteiger partial charge in [-0.1, -0.05) is 30.3 Å². The molecule has 0 heterocycles. The average Bonchev–Trinajstić information content (AvgIpc) is 3.00. The molecule has 0 radical (unpaired) electrons. The summed E-state index contributed by atoms with van der Waals surface area (Å²) in [7, 11) is 0. The van der Waals surface area contributed by atoms with Gasteiger partial charge in [-0.05, 0) is 18.4 Å². The molecule has 0 unspecified atom stereocenters. The van der Waals surface area contributed by atoms with E-state index < -0.39 is 11.9 Å².